The Morgan fingerprint density at radius 2 is 2.20 bits per heavy atom. The van der Waals surface area contributed by atoms with Crippen molar-refractivity contribution in [2.45, 2.75) is 25.1 Å². The molecular formula is C14H14BrClFNOS. The summed E-state index contributed by atoms with van der Waals surface area (Å²) in [5, 5.41) is 3.07. The second-order valence-electron chi connectivity index (χ2n) is 4.25. The van der Waals surface area contributed by atoms with Gasteiger partial charge in [0.25, 0.3) is 0 Å². The molecule has 0 spiro atoms. The molecule has 1 aromatic carbocycles. The monoisotopic (exact) mass is 377 g/mol. The van der Waals surface area contributed by atoms with Gasteiger partial charge in [-0.15, -0.1) is 22.9 Å². The maximum absolute atomic E-state index is 13.4. The van der Waals surface area contributed by atoms with Crippen LogP contribution in [0.25, 0.3) is 0 Å². The molecule has 0 aliphatic carbocycles. The summed E-state index contributed by atoms with van der Waals surface area (Å²) in [6, 6.07) is 4.69. The SMILES string of the molecule is Fc1ccc(Br)cc1OCCCCc1nc(CCl)cs1. The first-order valence-corrected chi connectivity index (χ1v) is 8.47. The number of rotatable bonds is 7. The van der Waals surface area contributed by atoms with E-state index in [2.05, 4.69) is 20.9 Å². The number of hydrogen-bond donors (Lipinski definition) is 0. The molecular weight excluding hydrogens is 365 g/mol. The second-order valence-corrected chi connectivity index (χ2v) is 6.37. The normalized spacial score (nSPS) is 10.8. The summed E-state index contributed by atoms with van der Waals surface area (Å²) in [4.78, 5) is 4.39. The lowest BCUT2D eigenvalue weighted by molar-refractivity contribution is 0.292. The van der Waals surface area contributed by atoms with Crippen LogP contribution in [0.4, 0.5) is 4.39 Å². The molecule has 0 aliphatic heterocycles. The number of halogens is 3. The van der Waals surface area contributed by atoms with Crippen molar-refractivity contribution in [3.63, 3.8) is 0 Å². The number of unbranched alkanes of at least 4 members (excludes halogenated alkanes) is 1. The Kier molecular flexibility index (Phi) is 6.26. The minimum atomic E-state index is -0.333. The first kappa shape index (κ1) is 15.7. The van der Waals surface area contributed by atoms with Gasteiger partial charge in [-0.1, -0.05) is 15.9 Å². The average Bonchev–Trinajstić information content (AvgIpc) is 2.90. The third-order valence-electron chi connectivity index (χ3n) is 2.67. The number of aryl methyl sites for hydroxylation is 1. The molecule has 0 aliphatic rings. The molecule has 2 nitrogen and oxygen atoms in total. The third kappa shape index (κ3) is 4.72. The van der Waals surface area contributed by atoms with Crippen LogP contribution in [0.5, 0.6) is 5.75 Å². The van der Waals surface area contributed by atoms with Crippen molar-refractivity contribution in [3.05, 3.63) is 44.6 Å². The Morgan fingerprint density at radius 3 is 2.95 bits per heavy atom. The summed E-state index contributed by atoms with van der Waals surface area (Å²) in [6.07, 6.45) is 2.73. The van der Waals surface area contributed by atoms with Gasteiger partial charge in [0, 0.05) is 9.85 Å². The van der Waals surface area contributed by atoms with Gasteiger partial charge in [0.15, 0.2) is 11.6 Å². The molecule has 0 radical (unpaired) electrons. The molecule has 0 saturated heterocycles. The minimum Gasteiger partial charge on any atom is -0.490 e. The van der Waals surface area contributed by atoms with E-state index in [9.17, 15) is 4.39 Å². The number of benzene rings is 1. The molecule has 0 fully saturated rings. The van der Waals surface area contributed by atoms with Crippen molar-refractivity contribution < 1.29 is 9.13 Å². The molecule has 1 heterocycles. The number of hydrogen-bond acceptors (Lipinski definition) is 3. The lowest BCUT2D eigenvalue weighted by atomic mass is 10.2. The molecule has 1 aromatic heterocycles. The van der Waals surface area contributed by atoms with E-state index in [0.717, 1.165) is 34.4 Å². The molecule has 0 unspecified atom stereocenters. The Balaban J connectivity index is 1.70. The van der Waals surface area contributed by atoms with Gasteiger partial charge in [-0.2, -0.15) is 0 Å². The number of nitrogens with zero attached hydrogens (tertiary/aromatic N) is 1. The van der Waals surface area contributed by atoms with Gasteiger partial charge in [0.1, 0.15) is 0 Å². The molecule has 2 rings (SSSR count). The Bertz CT molecular complexity index is 564. The fourth-order valence-electron chi connectivity index (χ4n) is 1.67. The van der Waals surface area contributed by atoms with Gasteiger partial charge in [0.05, 0.1) is 23.2 Å². The standard InChI is InChI=1S/C14H14BrClFNOS/c15-10-4-5-12(17)13(7-10)19-6-2-1-3-14-18-11(8-16)9-20-14/h4-5,7,9H,1-3,6,8H2. The van der Waals surface area contributed by atoms with Crippen LogP contribution in [0.1, 0.15) is 23.5 Å². The van der Waals surface area contributed by atoms with Gasteiger partial charge >= 0.3 is 0 Å². The van der Waals surface area contributed by atoms with E-state index < -0.39 is 0 Å². The lowest BCUT2D eigenvalue weighted by Gasteiger charge is -2.07. The Hall–Kier alpha value is -0.650. The lowest BCUT2D eigenvalue weighted by Crippen LogP contribution is -2.00. The van der Waals surface area contributed by atoms with Crippen molar-refractivity contribution in [3.8, 4) is 5.75 Å². The van der Waals surface area contributed by atoms with E-state index in [1.54, 1.807) is 23.5 Å². The summed E-state index contributed by atoms with van der Waals surface area (Å²) < 4.78 is 19.7. The van der Waals surface area contributed by atoms with E-state index in [1.807, 2.05) is 5.38 Å². The van der Waals surface area contributed by atoms with Gasteiger partial charge in [-0.05, 0) is 37.5 Å². The Morgan fingerprint density at radius 1 is 1.35 bits per heavy atom. The van der Waals surface area contributed by atoms with Gasteiger partial charge < -0.3 is 4.74 Å². The van der Waals surface area contributed by atoms with Crippen LogP contribution in [0.3, 0.4) is 0 Å². The average molecular weight is 379 g/mol. The zero-order chi connectivity index (χ0) is 14.4. The Labute approximate surface area is 135 Å². The van der Waals surface area contributed by atoms with Crippen LogP contribution in [0, 0.1) is 5.82 Å². The van der Waals surface area contributed by atoms with E-state index in [0.29, 0.717) is 12.5 Å². The smallest absolute Gasteiger partial charge is 0.165 e. The van der Waals surface area contributed by atoms with Crippen LogP contribution in [-0.2, 0) is 12.3 Å². The van der Waals surface area contributed by atoms with Crippen LogP contribution in [0.2, 0.25) is 0 Å². The molecule has 0 bridgehead atoms. The van der Waals surface area contributed by atoms with Crippen molar-refractivity contribution in [2.75, 3.05) is 6.61 Å². The fourth-order valence-corrected chi connectivity index (χ4v) is 3.08. The minimum absolute atomic E-state index is 0.290. The van der Waals surface area contributed by atoms with Crippen molar-refractivity contribution in [1.82, 2.24) is 4.98 Å². The number of aromatic nitrogens is 1. The molecule has 0 N–H and O–H groups in total. The number of thiazole rings is 1. The number of alkyl halides is 1. The van der Waals surface area contributed by atoms with E-state index in [-0.39, 0.29) is 11.6 Å². The highest BCUT2D eigenvalue weighted by atomic mass is 79.9. The highest BCUT2D eigenvalue weighted by Crippen LogP contribution is 2.22. The summed E-state index contributed by atoms with van der Waals surface area (Å²) in [7, 11) is 0. The maximum Gasteiger partial charge on any atom is 0.165 e. The van der Waals surface area contributed by atoms with Crippen LogP contribution >= 0.6 is 38.9 Å². The summed E-state index contributed by atoms with van der Waals surface area (Å²) >= 11 is 10.6. The molecule has 108 valence electrons. The molecule has 20 heavy (non-hydrogen) atoms. The second kappa shape index (κ2) is 7.96. The van der Waals surface area contributed by atoms with Crippen LogP contribution in [0.15, 0.2) is 28.1 Å². The highest BCUT2D eigenvalue weighted by molar-refractivity contribution is 9.10. The van der Waals surface area contributed by atoms with Gasteiger partial charge in [-0.3, -0.25) is 0 Å². The van der Waals surface area contributed by atoms with Crippen molar-refractivity contribution >= 4 is 38.9 Å². The number of ether oxygens (including phenoxy) is 1. The van der Waals surface area contributed by atoms with E-state index >= 15 is 0 Å². The fraction of sp³-hybridized carbons (Fsp3) is 0.357. The largest absolute Gasteiger partial charge is 0.490 e. The molecule has 6 heteroatoms. The molecule has 0 amide bonds. The third-order valence-corrected chi connectivity index (χ3v) is 4.40. The predicted octanol–water partition coefficient (Wildman–Crippen LogP) is 5.19. The zero-order valence-electron chi connectivity index (χ0n) is 10.7. The van der Waals surface area contributed by atoms with Crippen molar-refractivity contribution in [2.24, 2.45) is 0 Å². The predicted molar refractivity (Wildman–Crippen MR) is 84.2 cm³/mol. The first-order chi connectivity index (χ1) is 9.69. The highest BCUT2D eigenvalue weighted by Gasteiger charge is 2.04. The zero-order valence-corrected chi connectivity index (χ0v) is 13.9. The topological polar surface area (TPSA) is 22.1 Å². The van der Waals surface area contributed by atoms with Gasteiger partial charge in [-0.25, -0.2) is 9.37 Å². The summed E-state index contributed by atoms with van der Waals surface area (Å²) in [5.41, 5.74) is 0.930. The van der Waals surface area contributed by atoms with E-state index in [4.69, 9.17) is 16.3 Å². The first-order valence-electron chi connectivity index (χ1n) is 6.26. The maximum atomic E-state index is 13.4. The van der Waals surface area contributed by atoms with Crippen LogP contribution < -0.4 is 4.74 Å². The molecule has 0 saturated carbocycles. The molecule has 2 aromatic rings. The van der Waals surface area contributed by atoms with E-state index in [1.165, 1.54) is 6.07 Å². The quantitative estimate of drug-likeness (QED) is 0.489. The van der Waals surface area contributed by atoms with Crippen LogP contribution in [-0.4, -0.2) is 11.6 Å². The summed E-state index contributed by atoms with van der Waals surface area (Å²) in [6.45, 7) is 0.501. The van der Waals surface area contributed by atoms with Crippen molar-refractivity contribution in [1.29, 1.82) is 0 Å². The summed E-state index contributed by atoms with van der Waals surface area (Å²) in [5.74, 6) is 0.417. The van der Waals surface area contributed by atoms with Gasteiger partial charge in [0.2, 0.25) is 0 Å². The molecule has 0 atom stereocenters.